The number of hydrogen-bond donors (Lipinski definition) is 1. The summed E-state index contributed by atoms with van der Waals surface area (Å²) in [6.07, 6.45) is 1.57. The zero-order valence-electron chi connectivity index (χ0n) is 15.7. The van der Waals surface area contributed by atoms with Crippen LogP contribution in [0.1, 0.15) is 21.5 Å². The van der Waals surface area contributed by atoms with Gasteiger partial charge < -0.3 is 4.74 Å². The number of rotatable bonds is 7. The molecule has 0 aliphatic rings. The van der Waals surface area contributed by atoms with E-state index in [0.717, 1.165) is 5.56 Å². The van der Waals surface area contributed by atoms with Crippen molar-refractivity contribution in [2.24, 2.45) is 5.10 Å². The molecular formula is C22H17N3O5. The smallest absolute Gasteiger partial charge is 0.343 e. The van der Waals surface area contributed by atoms with Crippen molar-refractivity contribution in [1.82, 2.24) is 5.43 Å². The molecule has 0 aliphatic carbocycles. The average Bonchev–Trinajstić information content (AvgIpc) is 2.75. The standard InChI is InChI=1S/C22H17N3O5/c26-21(14-16-6-2-1-3-7-16)24-23-15-18-8-4-5-9-20(18)30-22(27)17-10-12-19(13-11-17)25(28)29/h1-13,15H,14H2,(H,24,26)/b23-15+. The maximum Gasteiger partial charge on any atom is 0.343 e. The van der Waals surface area contributed by atoms with Crippen molar-refractivity contribution >= 4 is 23.8 Å². The van der Waals surface area contributed by atoms with Gasteiger partial charge in [-0.15, -0.1) is 0 Å². The van der Waals surface area contributed by atoms with Crippen molar-refractivity contribution in [3.63, 3.8) is 0 Å². The third-order valence-electron chi connectivity index (χ3n) is 4.04. The molecule has 8 heteroatoms. The summed E-state index contributed by atoms with van der Waals surface area (Å²) >= 11 is 0. The van der Waals surface area contributed by atoms with Crippen LogP contribution in [0.15, 0.2) is 84.0 Å². The van der Waals surface area contributed by atoms with Crippen LogP contribution in [0.2, 0.25) is 0 Å². The highest BCUT2D eigenvalue weighted by molar-refractivity contribution is 5.93. The molecule has 0 aromatic heterocycles. The molecule has 0 radical (unpaired) electrons. The van der Waals surface area contributed by atoms with Gasteiger partial charge in [0.2, 0.25) is 5.91 Å². The number of benzene rings is 3. The molecule has 30 heavy (non-hydrogen) atoms. The molecule has 0 heterocycles. The van der Waals surface area contributed by atoms with Gasteiger partial charge in [-0.1, -0.05) is 42.5 Å². The summed E-state index contributed by atoms with van der Waals surface area (Å²) in [6, 6.07) is 21.0. The van der Waals surface area contributed by atoms with Gasteiger partial charge in [-0.05, 0) is 29.8 Å². The van der Waals surface area contributed by atoms with Crippen LogP contribution in [0, 0.1) is 10.1 Å². The summed E-state index contributed by atoms with van der Waals surface area (Å²) in [5.74, 6) is -0.710. The number of ether oxygens (including phenoxy) is 1. The molecule has 0 saturated carbocycles. The molecule has 150 valence electrons. The lowest BCUT2D eigenvalue weighted by atomic mass is 10.1. The first-order valence-electron chi connectivity index (χ1n) is 8.94. The maximum atomic E-state index is 12.3. The molecule has 3 aromatic rings. The van der Waals surface area contributed by atoms with Crippen LogP contribution in [-0.4, -0.2) is 23.0 Å². The Morgan fingerprint density at radius 3 is 2.33 bits per heavy atom. The van der Waals surface area contributed by atoms with Gasteiger partial charge >= 0.3 is 5.97 Å². The van der Waals surface area contributed by atoms with Gasteiger partial charge in [-0.2, -0.15) is 5.10 Å². The molecule has 0 atom stereocenters. The topological polar surface area (TPSA) is 111 Å². The highest BCUT2D eigenvalue weighted by Gasteiger charge is 2.13. The Morgan fingerprint density at radius 2 is 1.63 bits per heavy atom. The van der Waals surface area contributed by atoms with Crippen LogP contribution in [0.3, 0.4) is 0 Å². The second-order valence-electron chi connectivity index (χ2n) is 6.19. The van der Waals surface area contributed by atoms with E-state index in [2.05, 4.69) is 10.5 Å². The van der Waals surface area contributed by atoms with Gasteiger partial charge in [0.1, 0.15) is 5.75 Å². The number of carbonyl (C=O) groups is 2. The zero-order chi connectivity index (χ0) is 21.3. The van der Waals surface area contributed by atoms with E-state index in [9.17, 15) is 19.7 Å². The van der Waals surface area contributed by atoms with E-state index in [1.54, 1.807) is 24.3 Å². The Kier molecular flexibility index (Phi) is 6.63. The lowest BCUT2D eigenvalue weighted by Gasteiger charge is -2.07. The monoisotopic (exact) mass is 403 g/mol. The van der Waals surface area contributed by atoms with E-state index in [1.165, 1.54) is 30.5 Å². The average molecular weight is 403 g/mol. The van der Waals surface area contributed by atoms with Crippen molar-refractivity contribution in [1.29, 1.82) is 0 Å². The maximum absolute atomic E-state index is 12.3. The minimum absolute atomic E-state index is 0.120. The summed E-state index contributed by atoms with van der Waals surface area (Å²) in [7, 11) is 0. The predicted octanol–water partition coefficient (Wildman–Crippen LogP) is 3.51. The van der Waals surface area contributed by atoms with Crippen LogP contribution in [0.25, 0.3) is 0 Å². The van der Waals surface area contributed by atoms with Gasteiger partial charge in [0, 0.05) is 17.7 Å². The van der Waals surface area contributed by atoms with Gasteiger partial charge in [0.25, 0.3) is 5.69 Å². The van der Waals surface area contributed by atoms with Gasteiger partial charge in [-0.25, -0.2) is 10.2 Å². The summed E-state index contributed by atoms with van der Waals surface area (Å²) < 4.78 is 5.37. The number of amides is 1. The Morgan fingerprint density at radius 1 is 0.967 bits per heavy atom. The van der Waals surface area contributed by atoms with Gasteiger partial charge in [0.15, 0.2) is 0 Å². The van der Waals surface area contributed by atoms with Crippen molar-refractivity contribution in [2.45, 2.75) is 6.42 Å². The molecule has 0 bridgehead atoms. The second-order valence-corrected chi connectivity index (χ2v) is 6.19. The molecule has 8 nitrogen and oxygen atoms in total. The number of nitro benzene ring substituents is 1. The first-order chi connectivity index (χ1) is 14.5. The fraction of sp³-hybridized carbons (Fsp3) is 0.0455. The normalized spacial score (nSPS) is 10.5. The highest BCUT2D eigenvalue weighted by atomic mass is 16.6. The minimum atomic E-state index is -0.668. The van der Waals surface area contributed by atoms with Gasteiger partial charge in [0.05, 0.1) is 23.1 Å². The SMILES string of the molecule is O=C(Cc1ccccc1)N/N=C/c1ccccc1OC(=O)c1ccc([N+](=O)[O-])cc1. The number of non-ortho nitro benzene ring substituents is 1. The number of nitrogens with zero attached hydrogens (tertiary/aromatic N) is 2. The fourth-order valence-electron chi connectivity index (χ4n) is 2.55. The Labute approximate surface area is 172 Å². The van der Waals surface area contributed by atoms with Crippen molar-refractivity contribution in [2.75, 3.05) is 0 Å². The number of esters is 1. The molecule has 0 spiro atoms. The van der Waals surface area contributed by atoms with E-state index >= 15 is 0 Å². The van der Waals surface area contributed by atoms with Crippen LogP contribution in [0.4, 0.5) is 5.69 Å². The molecule has 0 aliphatic heterocycles. The molecule has 3 aromatic carbocycles. The number of para-hydroxylation sites is 1. The zero-order valence-corrected chi connectivity index (χ0v) is 15.7. The number of hydrazone groups is 1. The van der Waals surface area contributed by atoms with Crippen molar-refractivity contribution in [3.05, 3.63) is 106 Å². The number of nitrogens with one attached hydrogen (secondary N) is 1. The number of nitro groups is 1. The van der Waals surface area contributed by atoms with Crippen molar-refractivity contribution < 1.29 is 19.2 Å². The predicted molar refractivity (Wildman–Crippen MR) is 110 cm³/mol. The second kappa shape index (κ2) is 9.74. The van der Waals surface area contributed by atoms with E-state index in [0.29, 0.717) is 5.56 Å². The van der Waals surface area contributed by atoms with E-state index in [4.69, 9.17) is 4.74 Å². The first-order valence-corrected chi connectivity index (χ1v) is 8.94. The Balaban J connectivity index is 1.63. The molecule has 0 unspecified atom stereocenters. The first kappa shape index (κ1) is 20.4. The Bertz CT molecular complexity index is 1080. The van der Waals surface area contributed by atoms with Gasteiger partial charge in [-0.3, -0.25) is 14.9 Å². The van der Waals surface area contributed by atoms with E-state index in [-0.39, 0.29) is 29.3 Å². The lowest BCUT2D eigenvalue weighted by Crippen LogP contribution is -2.19. The highest BCUT2D eigenvalue weighted by Crippen LogP contribution is 2.19. The number of hydrogen-bond acceptors (Lipinski definition) is 6. The van der Waals surface area contributed by atoms with Crippen LogP contribution in [0.5, 0.6) is 5.75 Å². The van der Waals surface area contributed by atoms with E-state index < -0.39 is 10.9 Å². The molecule has 1 N–H and O–H groups in total. The van der Waals surface area contributed by atoms with Crippen LogP contribution >= 0.6 is 0 Å². The van der Waals surface area contributed by atoms with E-state index in [1.807, 2.05) is 30.3 Å². The Hall–Kier alpha value is -4.33. The quantitative estimate of drug-likeness (QED) is 0.213. The molecular weight excluding hydrogens is 386 g/mol. The lowest BCUT2D eigenvalue weighted by molar-refractivity contribution is -0.384. The van der Waals surface area contributed by atoms with Crippen molar-refractivity contribution in [3.8, 4) is 5.75 Å². The number of carbonyl (C=O) groups excluding carboxylic acids is 2. The third kappa shape index (κ3) is 5.59. The summed E-state index contributed by atoms with van der Waals surface area (Å²) in [5, 5.41) is 14.6. The van der Waals surface area contributed by atoms with Crippen LogP contribution in [-0.2, 0) is 11.2 Å². The molecule has 3 rings (SSSR count). The molecule has 1 amide bonds. The molecule has 0 fully saturated rings. The third-order valence-corrected chi connectivity index (χ3v) is 4.04. The largest absolute Gasteiger partial charge is 0.422 e. The van der Waals surface area contributed by atoms with Crippen LogP contribution < -0.4 is 10.2 Å². The summed E-state index contributed by atoms with van der Waals surface area (Å²) in [6.45, 7) is 0. The summed E-state index contributed by atoms with van der Waals surface area (Å²) in [4.78, 5) is 34.5. The minimum Gasteiger partial charge on any atom is -0.422 e. The fourth-order valence-corrected chi connectivity index (χ4v) is 2.55. The summed E-state index contributed by atoms with van der Waals surface area (Å²) in [5.41, 5.74) is 3.83. The molecule has 0 saturated heterocycles.